The van der Waals surface area contributed by atoms with E-state index in [1.54, 1.807) is 14.2 Å². The van der Waals surface area contributed by atoms with Crippen molar-refractivity contribution in [2.24, 2.45) is 17.8 Å². The van der Waals surface area contributed by atoms with Crippen molar-refractivity contribution in [1.29, 1.82) is 0 Å². The molecule has 1 saturated carbocycles. The van der Waals surface area contributed by atoms with Crippen LogP contribution in [0.1, 0.15) is 6.42 Å². The van der Waals surface area contributed by atoms with E-state index < -0.39 is 5.79 Å². The Hall–Kier alpha value is -0.380. The molecule has 2 aliphatic rings. The molecule has 0 aromatic heterocycles. The third-order valence-electron chi connectivity index (χ3n) is 3.47. The highest BCUT2D eigenvalue weighted by Crippen LogP contribution is 2.52. The molecule has 0 amide bonds. The van der Waals surface area contributed by atoms with E-state index in [1.165, 1.54) is 0 Å². The zero-order chi connectivity index (χ0) is 9.47. The molecule has 2 aliphatic carbocycles. The molecule has 0 aromatic rings. The predicted octanol–water partition coefficient (Wildman–Crippen LogP) is 0.790. The maximum absolute atomic E-state index is 9.17. The molecular formula is C10H16O3. The molecule has 0 heterocycles. The van der Waals surface area contributed by atoms with Gasteiger partial charge in [-0.25, -0.2) is 0 Å². The molecule has 1 fully saturated rings. The minimum absolute atomic E-state index is 0.220. The SMILES string of the molecule is COC1(OC)[C@@H]2C=C[C@H]1[C@@H](CO)C2. The van der Waals surface area contributed by atoms with Crippen molar-refractivity contribution in [2.45, 2.75) is 12.2 Å². The lowest BCUT2D eigenvalue weighted by atomic mass is 9.94. The highest BCUT2D eigenvalue weighted by atomic mass is 16.7. The lowest BCUT2D eigenvalue weighted by Gasteiger charge is -2.32. The highest BCUT2D eigenvalue weighted by molar-refractivity contribution is 5.19. The summed E-state index contributed by atoms with van der Waals surface area (Å²) in [4.78, 5) is 0. The average Bonchev–Trinajstić information content (AvgIpc) is 2.69. The summed E-state index contributed by atoms with van der Waals surface area (Å²) in [5.41, 5.74) is 0. The van der Waals surface area contributed by atoms with Crippen LogP contribution in [0.5, 0.6) is 0 Å². The average molecular weight is 184 g/mol. The van der Waals surface area contributed by atoms with Gasteiger partial charge in [0, 0.05) is 32.7 Å². The van der Waals surface area contributed by atoms with Crippen LogP contribution in [0.4, 0.5) is 0 Å². The van der Waals surface area contributed by atoms with E-state index in [9.17, 15) is 0 Å². The van der Waals surface area contributed by atoms with Gasteiger partial charge in [0.05, 0.1) is 0 Å². The van der Waals surface area contributed by atoms with Gasteiger partial charge in [0.2, 0.25) is 0 Å². The second-order valence-electron chi connectivity index (χ2n) is 3.83. The Labute approximate surface area is 78.3 Å². The zero-order valence-corrected chi connectivity index (χ0v) is 8.06. The standard InChI is InChI=1S/C10H16O3/c1-12-10(13-2)8-3-4-9(10)7(5-8)6-11/h3-4,7-9,11H,5-6H2,1-2H3/t7-,8-,9+/m1/s1. The van der Waals surface area contributed by atoms with Gasteiger partial charge in [-0.3, -0.25) is 0 Å². The van der Waals surface area contributed by atoms with Crippen molar-refractivity contribution in [3.05, 3.63) is 12.2 Å². The summed E-state index contributed by atoms with van der Waals surface area (Å²) in [5, 5.41) is 9.17. The van der Waals surface area contributed by atoms with Crippen molar-refractivity contribution in [3.63, 3.8) is 0 Å². The van der Waals surface area contributed by atoms with E-state index in [1.807, 2.05) is 0 Å². The van der Waals surface area contributed by atoms with Crippen LogP contribution in [0.2, 0.25) is 0 Å². The molecule has 0 saturated heterocycles. The van der Waals surface area contributed by atoms with Gasteiger partial charge in [-0.1, -0.05) is 12.2 Å². The van der Waals surface area contributed by atoms with Crippen LogP contribution in [0.3, 0.4) is 0 Å². The van der Waals surface area contributed by atoms with Gasteiger partial charge in [0.1, 0.15) is 0 Å². The first kappa shape index (κ1) is 9.19. The Morgan fingerprint density at radius 2 is 2.08 bits per heavy atom. The number of fused-ring (bicyclic) bond motifs is 2. The molecule has 0 aromatic carbocycles. The second kappa shape index (κ2) is 3.08. The largest absolute Gasteiger partial charge is 0.396 e. The van der Waals surface area contributed by atoms with Crippen molar-refractivity contribution in [3.8, 4) is 0 Å². The third kappa shape index (κ3) is 1.01. The summed E-state index contributed by atoms with van der Waals surface area (Å²) < 4.78 is 10.9. The Kier molecular flexibility index (Phi) is 2.18. The Morgan fingerprint density at radius 3 is 2.46 bits per heavy atom. The quantitative estimate of drug-likeness (QED) is 0.520. The molecule has 2 bridgehead atoms. The molecule has 0 aliphatic heterocycles. The van der Waals surface area contributed by atoms with Crippen molar-refractivity contribution in [1.82, 2.24) is 0 Å². The molecule has 0 unspecified atom stereocenters. The molecule has 74 valence electrons. The van der Waals surface area contributed by atoms with Crippen LogP contribution in [0.15, 0.2) is 12.2 Å². The molecule has 2 rings (SSSR count). The van der Waals surface area contributed by atoms with Gasteiger partial charge in [0.15, 0.2) is 5.79 Å². The normalized spacial score (nSPS) is 40.1. The van der Waals surface area contributed by atoms with Crippen molar-refractivity contribution < 1.29 is 14.6 Å². The molecule has 3 nitrogen and oxygen atoms in total. The first-order valence-corrected chi connectivity index (χ1v) is 4.68. The molecule has 3 atom stereocenters. The minimum atomic E-state index is -0.493. The highest BCUT2D eigenvalue weighted by Gasteiger charge is 2.57. The minimum Gasteiger partial charge on any atom is -0.396 e. The maximum atomic E-state index is 9.17. The van der Waals surface area contributed by atoms with Crippen molar-refractivity contribution >= 4 is 0 Å². The number of hydrogen-bond donors (Lipinski definition) is 1. The molecule has 3 heteroatoms. The van der Waals surface area contributed by atoms with Crippen LogP contribution < -0.4 is 0 Å². The molecule has 0 spiro atoms. The monoisotopic (exact) mass is 184 g/mol. The van der Waals surface area contributed by atoms with E-state index in [0.717, 1.165) is 6.42 Å². The fraction of sp³-hybridized carbons (Fsp3) is 0.800. The van der Waals surface area contributed by atoms with E-state index in [0.29, 0.717) is 11.8 Å². The van der Waals surface area contributed by atoms with Gasteiger partial charge in [-0.15, -0.1) is 0 Å². The van der Waals surface area contributed by atoms with Crippen LogP contribution >= 0.6 is 0 Å². The lowest BCUT2D eigenvalue weighted by Crippen LogP contribution is -2.40. The van der Waals surface area contributed by atoms with Crippen LogP contribution in [-0.4, -0.2) is 31.7 Å². The number of methoxy groups -OCH3 is 2. The van der Waals surface area contributed by atoms with E-state index >= 15 is 0 Å². The number of aliphatic hydroxyl groups excluding tert-OH is 1. The maximum Gasteiger partial charge on any atom is 0.180 e. The van der Waals surface area contributed by atoms with Gasteiger partial charge in [-0.05, 0) is 12.3 Å². The fourth-order valence-corrected chi connectivity index (χ4v) is 2.82. The summed E-state index contributed by atoms with van der Waals surface area (Å²) >= 11 is 0. The number of hydrogen-bond acceptors (Lipinski definition) is 3. The zero-order valence-electron chi connectivity index (χ0n) is 8.06. The van der Waals surface area contributed by atoms with Crippen LogP contribution in [-0.2, 0) is 9.47 Å². The number of ether oxygens (including phenoxy) is 2. The summed E-state index contributed by atoms with van der Waals surface area (Å²) in [6, 6.07) is 0. The topological polar surface area (TPSA) is 38.7 Å². The summed E-state index contributed by atoms with van der Waals surface area (Å²) in [7, 11) is 3.35. The first-order chi connectivity index (χ1) is 6.28. The Balaban J connectivity index is 2.26. The smallest absolute Gasteiger partial charge is 0.180 e. The third-order valence-corrected chi connectivity index (χ3v) is 3.47. The lowest BCUT2D eigenvalue weighted by molar-refractivity contribution is -0.232. The van der Waals surface area contributed by atoms with E-state index in [2.05, 4.69) is 12.2 Å². The summed E-state index contributed by atoms with van der Waals surface area (Å²) in [6.07, 6.45) is 5.23. The van der Waals surface area contributed by atoms with Gasteiger partial charge in [-0.2, -0.15) is 0 Å². The van der Waals surface area contributed by atoms with Crippen molar-refractivity contribution in [2.75, 3.05) is 20.8 Å². The summed E-state index contributed by atoms with van der Waals surface area (Å²) in [5.74, 6) is 0.338. The second-order valence-corrected chi connectivity index (χ2v) is 3.83. The Bertz CT molecular complexity index is 220. The number of aliphatic hydroxyl groups is 1. The molecule has 0 radical (unpaired) electrons. The van der Waals surface area contributed by atoms with E-state index in [-0.39, 0.29) is 12.5 Å². The van der Waals surface area contributed by atoms with E-state index in [4.69, 9.17) is 14.6 Å². The van der Waals surface area contributed by atoms with Crippen LogP contribution in [0, 0.1) is 17.8 Å². The fourth-order valence-electron chi connectivity index (χ4n) is 2.82. The van der Waals surface area contributed by atoms with Crippen LogP contribution in [0.25, 0.3) is 0 Å². The Morgan fingerprint density at radius 1 is 1.38 bits per heavy atom. The first-order valence-electron chi connectivity index (χ1n) is 4.68. The van der Waals surface area contributed by atoms with Gasteiger partial charge in [0.25, 0.3) is 0 Å². The predicted molar refractivity (Wildman–Crippen MR) is 48.1 cm³/mol. The van der Waals surface area contributed by atoms with Gasteiger partial charge >= 0.3 is 0 Å². The van der Waals surface area contributed by atoms with Gasteiger partial charge < -0.3 is 14.6 Å². The summed E-state index contributed by atoms with van der Waals surface area (Å²) in [6.45, 7) is 0.222. The number of rotatable bonds is 3. The molecule has 1 N–H and O–H groups in total. The molecule has 13 heavy (non-hydrogen) atoms. The molecular weight excluding hydrogens is 168 g/mol.